The highest BCUT2D eigenvalue weighted by molar-refractivity contribution is 5.85. The monoisotopic (exact) mass is 451 g/mol. The summed E-state index contributed by atoms with van der Waals surface area (Å²) < 4.78 is 48.2. The average Bonchev–Trinajstić information content (AvgIpc) is 2.80. The van der Waals surface area contributed by atoms with Crippen LogP contribution in [0.25, 0.3) is 5.57 Å². The molecular weight excluding hydrogens is 427 g/mol. The Morgan fingerprint density at radius 3 is 2.21 bits per heavy atom. The minimum Gasteiger partial charge on any atom is -0.482 e. The third kappa shape index (κ3) is 4.91. The number of nitrogens with zero attached hydrogens (tertiary/aromatic N) is 1. The predicted octanol–water partition coefficient (Wildman–Crippen LogP) is 6.44. The highest BCUT2D eigenvalue weighted by atomic mass is 19.4. The second kappa shape index (κ2) is 8.60. The molecule has 170 valence electrons. The fourth-order valence-corrected chi connectivity index (χ4v) is 4.62. The topological polar surface area (TPSA) is 21.7 Å². The number of fused-ring (bicyclic) bond motifs is 1. The first kappa shape index (κ1) is 21.6. The van der Waals surface area contributed by atoms with E-state index in [1.807, 2.05) is 30.3 Å². The number of hydrogen-bond donors (Lipinski definition) is 0. The molecule has 0 N–H and O–H groups in total. The Kier molecular flexibility index (Phi) is 5.62. The lowest BCUT2D eigenvalue weighted by molar-refractivity contribution is -0.274. The molecule has 2 aliphatic rings. The van der Waals surface area contributed by atoms with Crippen molar-refractivity contribution in [2.75, 3.05) is 13.1 Å². The Bertz CT molecular complexity index is 1130. The van der Waals surface area contributed by atoms with Crippen LogP contribution in [0.3, 0.4) is 0 Å². The minimum absolute atomic E-state index is 0.226. The molecule has 0 saturated carbocycles. The zero-order chi connectivity index (χ0) is 22.9. The quantitative estimate of drug-likeness (QED) is 0.455. The van der Waals surface area contributed by atoms with Crippen molar-refractivity contribution in [2.45, 2.75) is 31.3 Å². The largest absolute Gasteiger partial charge is 0.573 e. The number of rotatable bonds is 4. The lowest BCUT2D eigenvalue weighted by Crippen LogP contribution is -2.47. The molecule has 3 nitrogen and oxygen atoms in total. The first-order valence-electron chi connectivity index (χ1n) is 11.0. The van der Waals surface area contributed by atoms with Crippen molar-refractivity contribution < 1.29 is 22.6 Å². The van der Waals surface area contributed by atoms with Crippen LogP contribution in [0.2, 0.25) is 0 Å². The molecule has 3 aromatic rings. The number of alkyl halides is 3. The Hall–Kier alpha value is -3.25. The second-order valence-corrected chi connectivity index (χ2v) is 8.55. The van der Waals surface area contributed by atoms with E-state index in [0.29, 0.717) is 0 Å². The summed E-state index contributed by atoms with van der Waals surface area (Å²) in [6, 6.07) is 24.3. The van der Waals surface area contributed by atoms with Crippen molar-refractivity contribution in [3.8, 4) is 11.5 Å². The maximum Gasteiger partial charge on any atom is 0.573 e. The summed E-state index contributed by atoms with van der Waals surface area (Å²) in [6.45, 7) is 2.71. The van der Waals surface area contributed by atoms with Crippen LogP contribution in [-0.4, -0.2) is 30.0 Å². The number of halogens is 3. The van der Waals surface area contributed by atoms with Gasteiger partial charge in [0.05, 0.1) is 0 Å². The molecule has 33 heavy (non-hydrogen) atoms. The van der Waals surface area contributed by atoms with Crippen molar-refractivity contribution in [1.82, 2.24) is 4.90 Å². The van der Waals surface area contributed by atoms with E-state index in [4.69, 9.17) is 4.74 Å². The van der Waals surface area contributed by atoms with Gasteiger partial charge in [-0.25, -0.2) is 0 Å². The van der Waals surface area contributed by atoms with Crippen LogP contribution in [0, 0.1) is 0 Å². The molecule has 0 amide bonds. The van der Waals surface area contributed by atoms with E-state index in [9.17, 15) is 13.2 Å². The van der Waals surface area contributed by atoms with Gasteiger partial charge in [0.1, 0.15) is 17.1 Å². The van der Waals surface area contributed by atoms with Gasteiger partial charge in [-0.15, -0.1) is 13.2 Å². The van der Waals surface area contributed by atoms with E-state index in [0.717, 1.165) is 54.9 Å². The number of para-hydroxylation sites is 1. The van der Waals surface area contributed by atoms with Crippen LogP contribution in [-0.2, 0) is 6.54 Å². The summed E-state index contributed by atoms with van der Waals surface area (Å²) in [5.74, 6) is 0.582. The third-order valence-corrected chi connectivity index (χ3v) is 6.25. The van der Waals surface area contributed by atoms with E-state index in [2.05, 4.69) is 40.0 Å². The normalized spacial score (nSPS) is 17.7. The Labute approximate surface area is 191 Å². The Morgan fingerprint density at radius 1 is 0.848 bits per heavy atom. The van der Waals surface area contributed by atoms with Gasteiger partial charge in [-0.05, 0) is 41.0 Å². The average molecular weight is 451 g/mol. The van der Waals surface area contributed by atoms with Gasteiger partial charge >= 0.3 is 6.36 Å². The molecule has 0 aromatic heterocycles. The zero-order valence-electron chi connectivity index (χ0n) is 18.0. The summed E-state index contributed by atoms with van der Waals surface area (Å²) in [4.78, 5) is 2.43. The molecule has 0 radical (unpaired) electrons. The molecule has 5 rings (SSSR count). The molecule has 2 heterocycles. The smallest absolute Gasteiger partial charge is 0.482 e. The number of piperidine rings is 1. The van der Waals surface area contributed by atoms with Gasteiger partial charge in [0.25, 0.3) is 0 Å². The summed E-state index contributed by atoms with van der Waals surface area (Å²) in [6.07, 6.45) is -0.863. The fraction of sp³-hybridized carbons (Fsp3) is 0.259. The van der Waals surface area contributed by atoms with Crippen LogP contribution >= 0.6 is 0 Å². The lowest BCUT2D eigenvalue weighted by atomic mass is 9.83. The summed E-state index contributed by atoms with van der Waals surface area (Å²) in [5.41, 5.74) is 3.62. The van der Waals surface area contributed by atoms with E-state index in [-0.39, 0.29) is 5.75 Å². The van der Waals surface area contributed by atoms with Crippen molar-refractivity contribution in [3.63, 3.8) is 0 Å². The Morgan fingerprint density at radius 2 is 1.52 bits per heavy atom. The number of benzene rings is 3. The molecular formula is C27H24F3NO2. The highest BCUT2D eigenvalue weighted by Crippen LogP contribution is 2.43. The van der Waals surface area contributed by atoms with Crippen molar-refractivity contribution in [1.29, 1.82) is 0 Å². The second-order valence-electron chi connectivity index (χ2n) is 8.55. The van der Waals surface area contributed by atoms with Crippen molar-refractivity contribution in [2.24, 2.45) is 0 Å². The zero-order valence-corrected chi connectivity index (χ0v) is 18.0. The maximum absolute atomic E-state index is 12.5. The van der Waals surface area contributed by atoms with Gasteiger partial charge in [0, 0.05) is 38.0 Å². The van der Waals surface area contributed by atoms with Crippen LogP contribution in [0.4, 0.5) is 13.2 Å². The van der Waals surface area contributed by atoms with Crippen LogP contribution in [0.1, 0.15) is 29.5 Å². The van der Waals surface area contributed by atoms with Crippen molar-refractivity contribution in [3.05, 3.63) is 102 Å². The number of ether oxygens (including phenoxy) is 2. The predicted molar refractivity (Wildman–Crippen MR) is 121 cm³/mol. The first-order chi connectivity index (χ1) is 15.9. The van der Waals surface area contributed by atoms with Crippen LogP contribution < -0.4 is 9.47 Å². The first-order valence-corrected chi connectivity index (χ1v) is 11.0. The molecule has 0 bridgehead atoms. The van der Waals surface area contributed by atoms with E-state index >= 15 is 0 Å². The standard InChI is InChI=1S/C27H24F3NO2/c28-27(29,30)32-22-12-10-21(11-13-22)24-18-26(33-25-9-5-4-8-23(24)25)14-16-31(17-15-26)19-20-6-2-1-3-7-20/h1-13,18H,14-17,19H2. The molecule has 1 fully saturated rings. The van der Waals surface area contributed by atoms with E-state index < -0.39 is 12.0 Å². The van der Waals surface area contributed by atoms with Crippen molar-refractivity contribution >= 4 is 5.57 Å². The van der Waals surface area contributed by atoms with E-state index in [1.54, 1.807) is 12.1 Å². The molecule has 6 heteroatoms. The van der Waals surface area contributed by atoms with Gasteiger partial charge in [-0.2, -0.15) is 0 Å². The SMILES string of the molecule is FC(F)(F)Oc1ccc(C2=CC3(CCN(Cc4ccccc4)CC3)Oc3ccccc32)cc1. The van der Waals surface area contributed by atoms with Gasteiger partial charge in [0.2, 0.25) is 0 Å². The summed E-state index contributed by atoms with van der Waals surface area (Å²) in [5, 5.41) is 0. The molecule has 3 aromatic carbocycles. The highest BCUT2D eigenvalue weighted by Gasteiger charge is 2.39. The number of hydrogen-bond acceptors (Lipinski definition) is 3. The fourth-order valence-electron chi connectivity index (χ4n) is 4.62. The third-order valence-electron chi connectivity index (χ3n) is 6.25. The van der Waals surface area contributed by atoms with E-state index in [1.165, 1.54) is 17.7 Å². The minimum atomic E-state index is -4.70. The molecule has 1 spiro atoms. The molecule has 0 unspecified atom stereocenters. The number of likely N-dealkylation sites (tertiary alicyclic amines) is 1. The van der Waals surface area contributed by atoms with Crippen LogP contribution in [0.5, 0.6) is 11.5 Å². The Balaban J connectivity index is 1.39. The lowest BCUT2D eigenvalue weighted by Gasteiger charge is -2.43. The summed E-state index contributed by atoms with van der Waals surface area (Å²) >= 11 is 0. The van der Waals surface area contributed by atoms with Gasteiger partial charge in [-0.3, -0.25) is 4.90 Å². The van der Waals surface area contributed by atoms with Gasteiger partial charge in [0.15, 0.2) is 0 Å². The maximum atomic E-state index is 12.5. The van der Waals surface area contributed by atoms with Gasteiger partial charge in [-0.1, -0.05) is 60.7 Å². The molecule has 2 aliphatic heterocycles. The van der Waals surface area contributed by atoms with Gasteiger partial charge < -0.3 is 9.47 Å². The molecule has 1 saturated heterocycles. The molecule has 0 aliphatic carbocycles. The van der Waals surface area contributed by atoms with Crippen LogP contribution in [0.15, 0.2) is 84.9 Å². The summed E-state index contributed by atoms with van der Waals surface area (Å²) in [7, 11) is 0. The molecule has 0 atom stereocenters.